The molecular formula is C18H20BrNO5S. The topological polar surface area (TPSA) is 72.9 Å². The van der Waals surface area contributed by atoms with Crippen molar-refractivity contribution in [2.24, 2.45) is 0 Å². The molecule has 0 saturated carbocycles. The van der Waals surface area contributed by atoms with E-state index in [0.29, 0.717) is 18.8 Å². The Bertz CT molecular complexity index is 749. The lowest BCUT2D eigenvalue weighted by atomic mass is 10.2. The van der Waals surface area contributed by atoms with Crippen molar-refractivity contribution in [3.05, 3.63) is 33.1 Å². The van der Waals surface area contributed by atoms with E-state index >= 15 is 0 Å². The molecule has 1 aliphatic rings. The summed E-state index contributed by atoms with van der Waals surface area (Å²) in [6, 6.07) is 5.38. The monoisotopic (exact) mass is 441 g/mol. The summed E-state index contributed by atoms with van der Waals surface area (Å²) in [5.74, 6) is -0.386. The van der Waals surface area contributed by atoms with E-state index in [2.05, 4.69) is 15.9 Å². The van der Waals surface area contributed by atoms with Gasteiger partial charge in [-0.25, -0.2) is 0 Å². The van der Waals surface area contributed by atoms with E-state index < -0.39 is 17.1 Å². The van der Waals surface area contributed by atoms with Crippen LogP contribution in [0.1, 0.15) is 32.8 Å². The van der Waals surface area contributed by atoms with Crippen LogP contribution >= 0.6 is 27.7 Å². The third kappa shape index (κ3) is 5.11. The number of benzene rings is 1. The Balaban J connectivity index is 2.11. The van der Waals surface area contributed by atoms with Gasteiger partial charge in [0.2, 0.25) is 0 Å². The first-order chi connectivity index (χ1) is 12.3. The van der Waals surface area contributed by atoms with Gasteiger partial charge in [-0.2, -0.15) is 0 Å². The minimum absolute atomic E-state index is 0.251. The van der Waals surface area contributed by atoms with E-state index in [0.717, 1.165) is 26.7 Å². The second-order valence-electron chi connectivity index (χ2n) is 5.60. The summed E-state index contributed by atoms with van der Waals surface area (Å²) >= 11 is 4.22. The molecule has 1 heterocycles. The number of ether oxygens (including phenoxy) is 2. The van der Waals surface area contributed by atoms with E-state index in [4.69, 9.17) is 9.47 Å². The van der Waals surface area contributed by atoms with E-state index in [-0.39, 0.29) is 17.6 Å². The molecule has 0 N–H and O–H groups in total. The summed E-state index contributed by atoms with van der Waals surface area (Å²) in [5, 5.41) is -0.479. The molecule has 140 valence electrons. The van der Waals surface area contributed by atoms with Crippen molar-refractivity contribution in [3.8, 4) is 5.75 Å². The van der Waals surface area contributed by atoms with Crippen LogP contribution in [-0.2, 0) is 14.3 Å². The zero-order valence-electron chi connectivity index (χ0n) is 14.8. The summed E-state index contributed by atoms with van der Waals surface area (Å²) in [6.07, 6.45) is 2.03. The maximum atomic E-state index is 12.4. The number of hydrogen-bond acceptors (Lipinski definition) is 6. The predicted octanol–water partition coefficient (Wildman–Crippen LogP) is 4.23. The van der Waals surface area contributed by atoms with Gasteiger partial charge in [-0.15, -0.1) is 0 Å². The summed E-state index contributed by atoms with van der Waals surface area (Å²) in [6.45, 7) is 5.71. The fourth-order valence-electron chi connectivity index (χ4n) is 2.14. The van der Waals surface area contributed by atoms with E-state index in [9.17, 15) is 14.4 Å². The molecular weight excluding hydrogens is 422 g/mol. The van der Waals surface area contributed by atoms with Crippen LogP contribution in [0.2, 0.25) is 0 Å². The van der Waals surface area contributed by atoms with Gasteiger partial charge in [0.1, 0.15) is 12.3 Å². The van der Waals surface area contributed by atoms with Gasteiger partial charge in [0, 0.05) is 0 Å². The molecule has 1 atom stereocenters. The fraction of sp³-hybridized carbons (Fsp3) is 0.389. The highest BCUT2D eigenvalue weighted by Gasteiger charge is 2.36. The van der Waals surface area contributed by atoms with Gasteiger partial charge in [-0.3, -0.25) is 19.3 Å². The van der Waals surface area contributed by atoms with E-state index in [1.54, 1.807) is 31.2 Å². The molecule has 2 amide bonds. The normalized spacial score (nSPS) is 16.9. The van der Waals surface area contributed by atoms with Gasteiger partial charge in [0.15, 0.2) is 0 Å². The predicted molar refractivity (Wildman–Crippen MR) is 104 cm³/mol. The Kier molecular flexibility index (Phi) is 7.28. The molecule has 0 radical (unpaired) electrons. The van der Waals surface area contributed by atoms with Crippen molar-refractivity contribution < 1.29 is 23.9 Å². The molecule has 1 aromatic rings. The lowest BCUT2D eigenvalue weighted by Gasteiger charge is -2.14. The molecule has 2 rings (SSSR count). The Labute approximate surface area is 165 Å². The lowest BCUT2D eigenvalue weighted by Crippen LogP contribution is -2.35. The van der Waals surface area contributed by atoms with Crippen LogP contribution < -0.4 is 4.74 Å². The second kappa shape index (κ2) is 9.23. The molecule has 1 saturated heterocycles. The standard InChI is InChI=1S/C18H20BrNO5S/c1-4-11(3)25-16(21)10-20-17(22)15(26-18(20)23)9-12-6-7-14(24-5-2)13(19)8-12/h6-9,11H,4-5,10H2,1-3H3/b15-9-/t11-/m1/s1. The number of halogens is 1. The van der Waals surface area contributed by atoms with Crippen LogP contribution in [0.25, 0.3) is 6.08 Å². The fourth-order valence-corrected chi connectivity index (χ4v) is 3.49. The van der Waals surface area contributed by atoms with Gasteiger partial charge in [0.05, 0.1) is 22.1 Å². The van der Waals surface area contributed by atoms with Crippen molar-refractivity contribution in [1.82, 2.24) is 4.90 Å². The van der Waals surface area contributed by atoms with Crippen LogP contribution in [0.5, 0.6) is 5.75 Å². The molecule has 0 bridgehead atoms. The van der Waals surface area contributed by atoms with Crippen LogP contribution in [0.3, 0.4) is 0 Å². The van der Waals surface area contributed by atoms with E-state index in [1.165, 1.54) is 0 Å². The van der Waals surface area contributed by atoms with E-state index in [1.807, 2.05) is 13.8 Å². The minimum Gasteiger partial charge on any atom is -0.493 e. The molecule has 26 heavy (non-hydrogen) atoms. The first-order valence-electron chi connectivity index (χ1n) is 8.22. The number of rotatable bonds is 7. The minimum atomic E-state index is -0.591. The quantitative estimate of drug-likeness (QED) is 0.465. The number of amides is 2. The van der Waals surface area contributed by atoms with Gasteiger partial charge in [-0.05, 0) is 71.7 Å². The van der Waals surface area contributed by atoms with Gasteiger partial charge >= 0.3 is 5.97 Å². The number of imide groups is 1. The highest BCUT2D eigenvalue weighted by Crippen LogP contribution is 2.33. The molecule has 1 aromatic carbocycles. The Morgan fingerprint density at radius 3 is 2.69 bits per heavy atom. The van der Waals surface area contributed by atoms with Gasteiger partial charge in [0.25, 0.3) is 11.1 Å². The van der Waals surface area contributed by atoms with Crippen LogP contribution in [-0.4, -0.2) is 41.3 Å². The highest BCUT2D eigenvalue weighted by molar-refractivity contribution is 9.10. The Hall–Kier alpha value is -1.80. The summed E-state index contributed by atoms with van der Waals surface area (Å²) < 4.78 is 11.3. The number of thioether (sulfide) groups is 1. The van der Waals surface area contributed by atoms with Crippen LogP contribution in [0.15, 0.2) is 27.6 Å². The lowest BCUT2D eigenvalue weighted by molar-refractivity contribution is -0.150. The maximum absolute atomic E-state index is 12.4. The average molecular weight is 442 g/mol. The summed E-state index contributed by atoms with van der Waals surface area (Å²) in [5.41, 5.74) is 0.744. The third-order valence-corrected chi connectivity index (χ3v) is 5.15. The van der Waals surface area contributed by atoms with Crippen molar-refractivity contribution >= 4 is 50.9 Å². The second-order valence-corrected chi connectivity index (χ2v) is 7.45. The Morgan fingerprint density at radius 2 is 2.08 bits per heavy atom. The first kappa shape index (κ1) is 20.5. The summed E-state index contributed by atoms with van der Waals surface area (Å²) in [4.78, 5) is 37.5. The first-order valence-corrected chi connectivity index (χ1v) is 9.83. The maximum Gasteiger partial charge on any atom is 0.326 e. The zero-order chi connectivity index (χ0) is 19.3. The molecule has 1 aliphatic heterocycles. The Morgan fingerprint density at radius 1 is 1.35 bits per heavy atom. The van der Waals surface area contributed by atoms with Crippen LogP contribution in [0.4, 0.5) is 4.79 Å². The molecule has 0 spiro atoms. The molecule has 1 fully saturated rings. The largest absolute Gasteiger partial charge is 0.493 e. The zero-order valence-corrected chi connectivity index (χ0v) is 17.2. The SMILES string of the molecule is CCOc1ccc(/C=C2\SC(=O)N(CC(=O)O[C@H](C)CC)C2=O)cc1Br. The number of esters is 1. The third-order valence-electron chi connectivity index (χ3n) is 3.62. The van der Waals surface area contributed by atoms with Gasteiger partial charge < -0.3 is 9.47 Å². The highest BCUT2D eigenvalue weighted by atomic mass is 79.9. The number of carbonyl (C=O) groups excluding carboxylic acids is 3. The smallest absolute Gasteiger partial charge is 0.326 e. The van der Waals surface area contributed by atoms with Crippen molar-refractivity contribution in [2.45, 2.75) is 33.3 Å². The number of hydrogen-bond donors (Lipinski definition) is 0. The van der Waals surface area contributed by atoms with Gasteiger partial charge in [-0.1, -0.05) is 13.0 Å². The molecule has 0 aromatic heterocycles. The molecule has 6 nitrogen and oxygen atoms in total. The van der Waals surface area contributed by atoms with Crippen molar-refractivity contribution in [1.29, 1.82) is 0 Å². The number of nitrogens with zero attached hydrogens (tertiary/aromatic N) is 1. The molecule has 8 heteroatoms. The van der Waals surface area contributed by atoms with Crippen molar-refractivity contribution in [2.75, 3.05) is 13.2 Å². The van der Waals surface area contributed by atoms with Crippen molar-refractivity contribution in [3.63, 3.8) is 0 Å². The number of carbonyl (C=O) groups is 3. The average Bonchev–Trinajstić information content (AvgIpc) is 2.84. The molecule has 0 unspecified atom stereocenters. The molecule has 0 aliphatic carbocycles. The van der Waals surface area contributed by atoms with Crippen LogP contribution in [0, 0.1) is 0 Å². The summed E-state index contributed by atoms with van der Waals surface area (Å²) in [7, 11) is 0.